The van der Waals surface area contributed by atoms with E-state index >= 15 is 0 Å². The molecule has 2 unspecified atom stereocenters. The van der Waals surface area contributed by atoms with E-state index in [1.54, 1.807) is 0 Å². The highest BCUT2D eigenvalue weighted by atomic mass is 32.1. The van der Waals surface area contributed by atoms with Crippen LogP contribution in [-0.2, 0) is 18.6 Å². The van der Waals surface area contributed by atoms with Crippen molar-refractivity contribution in [3.8, 4) is 21.7 Å². The Morgan fingerprint density at radius 2 is 1.71 bits per heavy atom. The molecule has 13 heteroatoms. The number of benzene rings is 2. The number of carbonyl (C=O) groups excluding carboxylic acids is 3. The third kappa shape index (κ3) is 8.54. The SMILES string of the molecule is CCCCOP(=O)(O)CC(NC(=O)c1nc(-c2ccccc2)c(-c2ccccc2)s1)C(=O)OC(=O)N1CCNCC1. The molecule has 0 saturated carbocycles. The maximum absolute atomic E-state index is 13.4. The summed E-state index contributed by atoms with van der Waals surface area (Å²) in [5.41, 5.74) is 2.23. The normalized spacial score (nSPS) is 15.5. The summed E-state index contributed by atoms with van der Waals surface area (Å²) in [6.07, 6.45) is -0.378. The topological polar surface area (TPSA) is 147 Å². The van der Waals surface area contributed by atoms with Gasteiger partial charge in [-0.15, -0.1) is 11.3 Å². The predicted octanol–water partition coefficient (Wildman–Crippen LogP) is 4.15. The lowest BCUT2D eigenvalue weighted by Crippen LogP contribution is -2.50. The van der Waals surface area contributed by atoms with Crippen LogP contribution in [0.5, 0.6) is 0 Å². The number of amides is 2. The summed E-state index contributed by atoms with van der Waals surface area (Å²) < 4.78 is 23.0. The number of unbranched alkanes of at least 4 members (excludes halogenated alkanes) is 1. The van der Waals surface area contributed by atoms with Gasteiger partial charge >= 0.3 is 19.7 Å². The molecule has 1 fully saturated rings. The molecule has 1 aliphatic heterocycles. The Hall–Kier alpha value is -3.41. The molecule has 3 N–H and O–H groups in total. The molecule has 4 rings (SSSR count). The minimum absolute atomic E-state index is 0.00700. The number of thiazole rings is 1. The highest BCUT2D eigenvalue weighted by Gasteiger charge is 2.35. The van der Waals surface area contributed by atoms with Crippen molar-refractivity contribution in [2.45, 2.75) is 25.8 Å². The molecule has 3 aromatic rings. The first-order chi connectivity index (χ1) is 19.8. The Kier molecular flexibility index (Phi) is 10.8. The number of aromatic nitrogens is 1. The molecule has 11 nitrogen and oxygen atoms in total. The molecule has 1 saturated heterocycles. The summed E-state index contributed by atoms with van der Waals surface area (Å²) in [5.74, 6) is -1.90. The number of esters is 1. The second-order valence-electron chi connectivity index (χ2n) is 9.39. The van der Waals surface area contributed by atoms with Crippen LogP contribution in [0, 0.1) is 0 Å². The van der Waals surface area contributed by atoms with Crippen LogP contribution < -0.4 is 10.6 Å². The Balaban J connectivity index is 1.59. The van der Waals surface area contributed by atoms with Crippen molar-refractivity contribution in [1.29, 1.82) is 0 Å². The smallest absolute Gasteiger partial charge is 0.375 e. The molecule has 2 amide bonds. The first kappa shape index (κ1) is 30.5. The Morgan fingerprint density at radius 1 is 1.07 bits per heavy atom. The fourth-order valence-corrected chi connectivity index (χ4v) is 6.31. The molecular formula is C28H33N4O7PS. The summed E-state index contributed by atoms with van der Waals surface area (Å²) in [7, 11) is -4.32. The second-order valence-corrected chi connectivity index (χ2v) is 12.3. The average molecular weight is 601 g/mol. The van der Waals surface area contributed by atoms with Crippen LogP contribution in [0.4, 0.5) is 4.79 Å². The molecule has 1 aliphatic rings. The Labute approximate surface area is 242 Å². The van der Waals surface area contributed by atoms with Crippen LogP contribution in [0.15, 0.2) is 60.7 Å². The van der Waals surface area contributed by atoms with Crippen LogP contribution >= 0.6 is 18.9 Å². The van der Waals surface area contributed by atoms with Gasteiger partial charge in [-0.2, -0.15) is 0 Å². The van der Waals surface area contributed by atoms with Gasteiger partial charge in [-0.1, -0.05) is 74.0 Å². The van der Waals surface area contributed by atoms with Crippen LogP contribution in [0.25, 0.3) is 21.7 Å². The summed E-state index contributed by atoms with van der Waals surface area (Å²) in [6.45, 7) is 3.66. The molecule has 0 spiro atoms. The number of hydrogen-bond acceptors (Lipinski definition) is 9. The van der Waals surface area contributed by atoms with E-state index in [4.69, 9.17) is 9.26 Å². The first-order valence-corrected chi connectivity index (χ1v) is 16.0. The Morgan fingerprint density at radius 3 is 2.34 bits per heavy atom. The van der Waals surface area contributed by atoms with Crippen molar-refractivity contribution in [2.75, 3.05) is 38.9 Å². The number of ether oxygens (including phenoxy) is 1. The van der Waals surface area contributed by atoms with E-state index in [1.807, 2.05) is 67.6 Å². The molecule has 218 valence electrons. The maximum atomic E-state index is 13.4. The number of carbonyl (C=O) groups is 3. The van der Waals surface area contributed by atoms with Gasteiger partial charge in [0.05, 0.1) is 23.3 Å². The molecule has 0 radical (unpaired) electrons. The van der Waals surface area contributed by atoms with Gasteiger partial charge in [-0.25, -0.2) is 14.6 Å². The predicted molar refractivity (Wildman–Crippen MR) is 156 cm³/mol. The van der Waals surface area contributed by atoms with E-state index in [0.29, 0.717) is 38.3 Å². The largest absolute Gasteiger partial charge is 0.417 e. The van der Waals surface area contributed by atoms with E-state index in [1.165, 1.54) is 4.90 Å². The molecule has 0 aliphatic carbocycles. The van der Waals surface area contributed by atoms with Crippen molar-refractivity contribution in [3.05, 3.63) is 65.7 Å². The van der Waals surface area contributed by atoms with Gasteiger partial charge < -0.3 is 29.7 Å². The van der Waals surface area contributed by atoms with Crippen LogP contribution in [-0.4, -0.2) is 77.7 Å². The quantitative estimate of drug-likeness (QED) is 0.128. The molecule has 41 heavy (non-hydrogen) atoms. The zero-order valence-corrected chi connectivity index (χ0v) is 24.4. The highest BCUT2D eigenvalue weighted by molar-refractivity contribution is 7.52. The van der Waals surface area contributed by atoms with E-state index in [0.717, 1.165) is 33.8 Å². The molecule has 0 bridgehead atoms. The highest BCUT2D eigenvalue weighted by Crippen LogP contribution is 2.43. The molecular weight excluding hydrogens is 567 g/mol. The number of piperazine rings is 1. The third-order valence-corrected chi connectivity index (χ3v) is 8.78. The lowest BCUT2D eigenvalue weighted by molar-refractivity contribution is -0.140. The standard InChI is InChI=1S/C28H33N4O7PS/c1-2-3-18-38-40(36,37)19-22(27(34)39-28(35)32-16-14-29-15-17-32)30-25(33)26-31-23(20-10-6-4-7-11-20)24(41-26)21-12-8-5-9-13-21/h4-13,22,29H,2-3,14-19H2,1H3,(H,30,33)(H,36,37). The first-order valence-electron chi connectivity index (χ1n) is 13.4. The minimum Gasteiger partial charge on any atom is -0.375 e. The van der Waals surface area contributed by atoms with Crippen molar-refractivity contribution in [3.63, 3.8) is 0 Å². The van der Waals surface area contributed by atoms with Crippen LogP contribution in [0.1, 0.15) is 29.6 Å². The van der Waals surface area contributed by atoms with Gasteiger partial charge in [0.15, 0.2) is 5.01 Å². The van der Waals surface area contributed by atoms with Gasteiger partial charge in [-0.05, 0) is 12.0 Å². The summed E-state index contributed by atoms with van der Waals surface area (Å²) >= 11 is 1.12. The van der Waals surface area contributed by atoms with Crippen molar-refractivity contribution in [1.82, 2.24) is 20.5 Å². The van der Waals surface area contributed by atoms with Crippen molar-refractivity contribution in [2.24, 2.45) is 0 Å². The summed E-state index contributed by atoms with van der Waals surface area (Å²) in [5, 5.41) is 5.60. The van der Waals surface area contributed by atoms with E-state index < -0.39 is 37.8 Å². The minimum atomic E-state index is -4.32. The van der Waals surface area contributed by atoms with Crippen molar-refractivity contribution < 1.29 is 33.1 Å². The van der Waals surface area contributed by atoms with E-state index in [2.05, 4.69) is 15.6 Å². The zero-order chi connectivity index (χ0) is 29.2. The fourth-order valence-electron chi connectivity index (χ4n) is 4.10. The van der Waals surface area contributed by atoms with Gasteiger partial charge in [0.25, 0.3) is 5.91 Å². The van der Waals surface area contributed by atoms with Crippen LogP contribution in [0.2, 0.25) is 0 Å². The molecule has 2 heterocycles. The van der Waals surface area contributed by atoms with Crippen molar-refractivity contribution >= 4 is 36.9 Å². The van der Waals surface area contributed by atoms with E-state index in [9.17, 15) is 23.8 Å². The third-order valence-electron chi connectivity index (χ3n) is 6.26. The van der Waals surface area contributed by atoms with E-state index in [-0.39, 0.29) is 11.6 Å². The lowest BCUT2D eigenvalue weighted by atomic mass is 10.1. The van der Waals surface area contributed by atoms with Gasteiger partial charge in [-0.3, -0.25) is 9.36 Å². The number of nitrogens with one attached hydrogen (secondary N) is 2. The van der Waals surface area contributed by atoms with Gasteiger partial charge in [0, 0.05) is 31.7 Å². The number of hydrogen-bond donors (Lipinski definition) is 3. The molecule has 2 aromatic carbocycles. The number of nitrogens with zero attached hydrogens (tertiary/aromatic N) is 2. The Bertz CT molecular complexity index is 1320. The van der Waals surface area contributed by atoms with Crippen LogP contribution in [0.3, 0.4) is 0 Å². The monoisotopic (exact) mass is 600 g/mol. The fraction of sp³-hybridized carbons (Fsp3) is 0.357. The second kappa shape index (κ2) is 14.5. The average Bonchev–Trinajstić information content (AvgIpc) is 3.44. The zero-order valence-electron chi connectivity index (χ0n) is 22.7. The van der Waals surface area contributed by atoms with Gasteiger partial charge in [0.1, 0.15) is 6.04 Å². The molecule has 2 atom stereocenters. The summed E-state index contributed by atoms with van der Waals surface area (Å²) in [4.78, 5) is 56.2. The van der Waals surface area contributed by atoms with Gasteiger partial charge in [0.2, 0.25) is 0 Å². The molecule has 1 aromatic heterocycles. The lowest BCUT2D eigenvalue weighted by Gasteiger charge is -2.27. The summed E-state index contributed by atoms with van der Waals surface area (Å²) in [6, 6.07) is 17.2. The maximum Gasteiger partial charge on any atom is 0.417 e. The number of rotatable bonds is 11.